The maximum Gasteiger partial charge on any atom is 0.343 e. The van der Waals surface area contributed by atoms with Crippen LogP contribution in [0.25, 0.3) is 10.9 Å². The van der Waals surface area contributed by atoms with E-state index >= 15 is 0 Å². The molecular formula is C24H17ClN2O4. The van der Waals surface area contributed by atoms with Gasteiger partial charge in [-0.1, -0.05) is 41.9 Å². The van der Waals surface area contributed by atoms with Gasteiger partial charge in [-0.25, -0.2) is 9.59 Å². The van der Waals surface area contributed by atoms with E-state index in [1.807, 2.05) is 6.07 Å². The lowest BCUT2D eigenvalue weighted by Gasteiger charge is -2.13. The third-order valence-electron chi connectivity index (χ3n) is 4.51. The summed E-state index contributed by atoms with van der Waals surface area (Å²) in [5.74, 6) is -1.19. The van der Waals surface area contributed by atoms with Crippen LogP contribution in [0.5, 0.6) is 0 Å². The first-order valence-corrected chi connectivity index (χ1v) is 9.79. The van der Waals surface area contributed by atoms with Crippen molar-refractivity contribution in [3.63, 3.8) is 0 Å². The summed E-state index contributed by atoms with van der Waals surface area (Å²) in [5.41, 5.74) is 2.72. The molecular weight excluding hydrogens is 416 g/mol. The standard InChI is InChI=1S/C24H17ClN2O4/c25-17-10-11-18-21(12-13-26-22(18)14-17)27-20-9-5-4-8-19(20)24(29)31-15-30-23(28)16-6-2-1-3-7-16/h1-14H,15H2,(H,26,27). The average molecular weight is 433 g/mol. The Morgan fingerprint density at radius 1 is 0.839 bits per heavy atom. The zero-order chi connectivity index (χ0) is 21.6. The van der Waals surface area contributed by atoms with Gasteiger partial charge in [-0.3, -0.25) is 4.98 Å². The molecule has 1 N–H and O–H groups in total. The van der Waals surface area contributed by atoms with Gasteiger partial charge in [-0.15, -0.1) is 0 Å². The third kappa shape index (κ3) is 4.82. The van der Waals surface area contributed by atoms with Gasteiger partial charge in [0.25, 0.3) is 0 Å². The van der Waals surface area contributed by atoms with Crippen molar-refractivity contribution in [3.8, 4) is 0 Å². The monoisotopic (exact) mass is 432 g/mol. The summed E-state index contributed by atoms with van der Waals surface area (Å²) in [4.78, 5) is 28.9. The number of pyridine rings is 1. The maximum atomic E-state index is 12.6. The van der Waals surface area contributed by atoms with Crippen LogP contribution in [0, 0.1) is 0 Å². The summed E-state index contributed by atoms with van der Waals surface area (Å²) in [5, 5.41) is 4.69. The summed E-state index contributed by atoms with van der Waals surface area (Å²) < 4.78 is 10.2. The van der Waals surface area contributed by atoms with Gasteiger partial charge in [0.1, 0.15) is 0 Å². The smallest absolute Gasteiger partial charge is 0.343 e. The van der Waals surface area contributed by atoms with E-state index < -0.39 is 18.7 Å². The molecule has 1 heterocycles. The fourth-order valence-corrected chi connectivity index (χ4v) is 3.18. The first kappa shape index (κ1) is 20.4. The number of rotatable bonds is 6. The average Bonchev–Trinajstić information content (AvgIpc) is 2.80. The molecule has 31 heavy (non-hydrogen) atoms. The van der Waals surface area contributed by atoms with E-state index in [4.69, 9.17) is 21.1 Å². The highest BCUT2D eigenvalue weighted by atomic mass is 35.5. The number of halogens is 1. The van der Waals surface area contributed by atoms with Gasteiger partial charge in [0.05, 0.1) is 22.3 Å². The lowest BCUT2D eigenvalue weighted by molar-refractivity contribution is -0.0166. The molecule has 7 heteroatoms. The highest BCUT2D eigenvalue weighted by Crippen LogP contribution is 2.28. The van der Waals surface area contributed by atoms with Crippen LogP contribution >= 0.6 is 11.6 Å². The Hall–Kier alpha value is -3.90. The zero-order valence-electron chi connectivity index (χ0n) is 16.2. The number of nitrogens with one attached hydrogen (secondary N) is 1. The van der Waals surface area contributed by atoms with Gasteiger partial charge in [-0.2, -0.15) is 0 Å². The van der Waals surface area contributed by atoms with Crippen molar-refractivity contribution in [3.05, 3.63) is 101 Å². The highest BCUT2D eigenvalue weighted by Gasteiger charge is 2.15. The molecule has 4 aromatic rings. The molecule has 1 aromatic heterocycles. The molecule has 0 saturated heterocycles. The van der Waals surface area contributed by atoms with Gasteiger partial charge >= 0.3 is 11.9 Å². The Morgan fingerprint density at radius 3 is 2.42 bits per heavy atom. The molecule has 0 aliphatic rings. The molecule has 6 nitrogen and oxygen atoms in total. The summed E-state index contributed by atoms with van der Waals surface area (Å²) >= 11 is 6.05. The van der Waals surface area contributed by atoms with Crippen molar-refractivity contribution in [2.24, 2.45) is 0 Å². The summed E-state index contributed by atoms with van der Waals surface area (Å²) in [6.45, 7) is -0.489. The van der Waals surface area contributed by atoms with Crippen molar-refractivity contribution >= 4 is 45.8 Å². The minimum atomic E-state index is -0.620. The summed E-state index contributed by atoms with van der Waals surface area (Å²) in [6.07, 6.45) is 1.66. The lowest BCUT2D eigenvalue weighted by atomic mass is 10.1. The lowest BCUT2D eigenvalue weighted by Crippen LogP contribution is -2.14. The van der Waals surface area contributed by atoms with Crippen LogP contribution in [0.15, 0.2) is 85.1 Å². The first-order chi connectivity index (χ1) is 15.1. The Kier molecular flexibility index (Phi) is 6.10. The SMILES string of the molecule is O=C(OCOC(=O)c1ccccc1Nc1ccnc2cc(Cl)ccc12)c1ccccc1. The largest absolute Gasteiger partial charge is 0.424 e. The number of fused-ring (bicyclic) bond motifs is 1. The number of carbonyl (C=O) groups is 2. The number of hydrogen-bond donors (Lipinski definition) is 1. The predicted molar refractivity (Wildman–Crippen MR) is 119 cm³/mol. The molecule has 0 aliphatic carbocycles. The number of aromatic nitrogens is 1. The molecule has 0 unspecified atom stereocenters. The van der Waals surface area contributed by atoms with E-state index in [2.05, 4.69) is 10.3 Å². The molecule has 0 saturated carbocycles. The van der Waals surface area contributed by atoms with Crippen LogP contribution in [-0.2, 0) is 9.47 Å². The molecule has 154 valence electrons. The second kappa shape index (κ2) is 9.28. The molecule has 4 rings (SSSR count). The Labute approximate surface area is 183 Å². The minimum absolute atomic E-state index is 0.303. The molecule has 0 spiro atoms. The van der Waals surface area contributed by atoms with Gasteiger partial charge in [0.2, 0.25) is 6.79 Å². The number of ether oxygens (including phenoxy) is 2. The van der Waals surface area contributed by atoms with Crippen molar-refractivity contribution in [1.82, 2.24) is 4.98 Å². The van der Waals surface area contributed by atoms with Crippen LogP contribution in [-0.4, -0.2) is 23.7 Å². The van der Waals surface area contributed by atoms with Gasteiger partial charge in [0.15, 0.2) is 0 Å². The van der Waals surface area contributed by atoms with E-state index in [0.29, 0.717) is 21.8 Å². The van der Waals surface area contributed by atoms with Gasteiger partial charge < -0.3 is 14.8 Å². The molecule has 0 amide bonds. The van der Waals surface area contributed by atoms with E-state index in [1.54, 1.807) is 79.0 Å². The fourth-order valence-electron chi connectivity index (χ4n) is 3.02. The number of esters is 2. The topological polar surface area (TPSA) is 77.5 Å². The second-order valence-electron chi connectivity index (χ2n) is 6.54. The van der Waals surface area contributed by atoms with Crippen molar-refractivity contribution < 1.29 is 19.1 Å². The van der Waals surface area contributed by atoms with E-state index in [-0.39, 0.29) is 0 Å². The fraction of sp³-hybridized carbons (Fsp3) is 0.0417. The maximum absolute atomic E-state index is 12.6. The van der Waals surface area contributed by atoms with Gasteiger partial charge in [-0.05, 0) is 48.5 Å². The van der Waals surface area contributed by atoms with Crippen molar-refractivity contribution in [2.75, 3.05) is 12.1 Å². The molecule has 0 radical (unpaired) electrons. The predicted octanol–water partition coefficient (Wildman–Crippen LogP) is 5.60. The second-order valence-corrected chi connectivity index (χ2v) is 6.97. The Bertz CT molecular complexity index is 1240. The molecule has 0 bridgehead atoms. The summed E-state index contributed by atoms with van der Waals surface area (Å²) in [6, 6.07) is 22.6. The van der Waals surface area contributed by atoms with Crippen molar-refractivity contribution in [1.29, 1.82) is 0 Å². The molecule has 0 aliphatic heterocycles. The quantitative estimate of drug-likeness (QED) is 0.315. The minimum Gasteiger partial charge on any atom is -0.424 e. The van der Waals surface area contributed by atoms with Crippen LogP contribution < -0.4 is 5.32 Å². The third-order valence-corrected chi connectivity index (χ3v) is 4.75. The Balaban J connectivity index is 1.47. The summed E-state index contributed by atoms with van der Waals surface area (Å²) in [7, 11) is 0. The number of carbonyl (C=O) groups excluding carboxylic acids is 2. The highest BCUT2D eigenvalue weighted by molar-refractivity contribution is 6.31. The van der Waals surface area contributed by atoms with E-state index in [1.165, 1.54) is 0 Å². The number of anilines is 2. The molecule has 3 aromatic carbocycles. The van der Waals surface area contributed by atoms with Gasteiger partial charge in [0, 0.05) is 22.3 Å². The van der Waals surface area contributed by atoms with E-state index in [9.17, 15) is 9.59 Å². The Morgan fingerprint density at radius 2 is 1.58 bits per heavy atom. The number of benzene rings is 3. The van der Waals surface area contributed by atoms with Crippen LogP contribution in [0.1, 0.15) is 20.7 Å². The van der Waals surface area contributed by atoms with Crippen LogP contribution in [0.3, 0.4) is 0 Å². The normalized spacial score (nSPS) is 10.5. The van der Waals surface area contributed by atoms with Crippen LogP contribution in [0.2, 0.25) is 5.02 Å². The van der Waals surface area contributed by atoms with E-state index in [0.717, 1.165) is 16.6 Å². The molecule has 0 fully saturated rings. The number of nitrogens with zero attached hydrogens (tertiary/aromatic N) is 1. The number of hydrogen-bond acceptors (Lipinski definition) is 6. The zero-order valence-corrected chi connectivity index (χ0v) is 17.0. The number of para-hydroxylation sites is 1. The van der Waals surface area contributed by atoms with Crippen LogP contribution in [0.4, 0.5) is 11.4 Å². The van der Waals surface area contributed by atoms with Crippen molar-refractivity contribution in [2.45, 2.75) is 0 Å². The molecule has 0 atom stereocenters. The first-order valence-electron chi connectivity index (χ1n) is 9.41.